The van der Waals surface area contributed by atoms with Gasteiger partial charge < -0.3 is 4.90 Å². The first-order valence-electron chi connectivity index (χ1n) is 5.77. The minimum absolute atomic E-state index is 0.0935. The highest BCUT2D eigenvalue weighted by Gasteiger charge is 2.34. The molecule has 94 valence electrons. The Hall–Kier alpha value is -1.60. The Morgan fingerprint density at radius 2 is 2.28 bits per heavy atom. The zero-order valence-corrected chi connectivity index (χ0v) is 10.5. The number of halogens is 2. The summed E-state index contributed by atoms with van der Waals surface area (Å²) in [6, 6.07) is 6.30. The van der Waals surface area contributed by atoms with Crippen LogP contribution in [-0.2, 0) is 0 Å². The summed E-state index contributed by atoms with van der Waals surface area (Å²) in [5.41, 5.74) is -0.0935. The van der Waals surface area contributed by atoms with E-state index in [1.807, 2.05) is 6.07 Å². The van der Waals surface area contributed by atoms with E-state index in [9.17, 15) is 9.18 Å². The fourth-order valence-corrected chi connectivity index (χ4v) is 2.10. The van der Waals surface area contributed by atoms with Crippen molar-refractivity contribution in [1.29, 1.82) is 5.26 Å². The minimum atomic E-state index is -0.616. The van der Waals surface area contributed by atoms with Crippen molar-refractivity contribution in [2.75, 3.05) is 6.54 Å². The Morgan fingerprint density at radius 3 is 2.83 bits per heavy atom. The lowest BCUT2D eigenvalue weighted by Crippen LogP contribution is -2.34. The molecule has 1 amide bonds. The first-order chi connectivity index (χ1) is 8.65. The predicted molar refractivity (Wildman–Crippen MR) is 65.7 cm³/mol. The highest BCUT2D eigenvalue weighted by atomic mass is 35.5. The van der Waals surface area contributed by atoms with Crippen molar-refractivity contribution in [3.8, 4) is 6.07 Å². The molecule has 0 aliphatic heterocycles. The van der Waals surface area contributed by atoms with E-state index in [2.05, 4.69) is 0 Å². The van der Waals surface area contributed by atoms with E-state index in [4.69, 9.17) is 16.9 Å². The molecule has 0 N–H and O–H groups in total. The molecule has 0 spiro atoms. The summed E-state index contributed by atoms with van der Waals surface area (Å²) in [6.45, 7) is 0.324. The topological polar surface area (TPSA) is 44.1 Å². The summed E-state index contributed by atoms with van der Waals surface area (Å²) in [5, 5.41) is 8.70. The van der Waals surface area contributed by atoms with Crippen LogP contribution in [0.3, 0.4) is 0 Å². The average Bonchev–Trinajstić information content (AvgIpc) is 3.14. The third kappa shape index (κ3) is 2.62. The maximum absolute atomic E-state index is 13.7. The van der Waals surface area contributed by atoms with E-state index in [1.54, 1.807) is 4.90 Å². The molecule has 3 nitrogen and oxygen atoms in total. The van der Waals surface area contributed by atoms with E-state index in [-0.39, 0.29) is 23.0 Å². The molecule has 1 aliphatic carbocycles. The van der Waals surface area contributed by atoms with Gasteiger partial charge in [-0.2, -0.15) is 5.26 Å². The molecule has 0 aromatic heterocycles. The van der Waals surface area contributed by atoms with Crippen LogP contribution in [0.1, 0.15) is 29.6 Å². The van der Waals surface area contributed by atoms with Gasteiger partial charge in [-0.25, -0.2) is 4.39 Å². The molecular weight excluding hydrogens is 255 g/mol. The fourth-order valence-electron chi connectivity index (χ4n) is 1.85. The third-order valence-electron chi connectivity index (χ3n) is 2.89. The van der Waals surface area contributed by atoms with E-state index in [1.165, 1.54) is 18.2 Å². The molecule has 0 radical (unpaired) electrons. The van der Waals surface area contributed by atoms with Crippen LogP contribution in [0.15, 0.2) is 18.2 Å². The molecule has 1 aliphatic rings. The molecule has 1 aromatic rings. The number of rotatable bonds is 4. The van der Waals surface area contributed by atoms with Gasteiger partial charge in [-0.15, -0.1) is 0 Å². The quantitative estimate of drug-likeness (QED) is 0.841. The second-order valence-electron chi connectivity index (χ2n) is 4.23. The Labute approximate surface area is 110 Å². The first-order valence-corrected chi connectivity index (χ1v) is 6.15. The van der Waals surface area contributed by atoms with Gasteiger partial charge in [0.05, 0.1) is 23.1 Å². The van der Waals surface area contributed by atoms with Crippen molar-refractivity contribution in [2.24, 2.45) is 0 Å². The normalized spacial score (nSPS) is 14.1. The standard InChI is InChI=1S/C13H12ClFN2O/c14-10-3-1-4-11(15)12(10)13(18)17(8-2-7-16)9-5-6-9/h1,3-4,9H,2,5-6,8H2. The van der Waals surface area contributed by atoms with Crippen LogP contribution in [0.25, 0.3) is 0 Å². The summed E-state index contributed by atoms with van der Waals surface area (Å²) in [5.74, 6) is -1.04. The second kappa shape index (κ2) is 5.36. The molecular formula is C13H12ClFN2O. The summed E-state index contributed by atoms with van der Waals surface area (Å²) < 4.78 is 13.7. The lowest BCUT2D eigenvalue weighted by Gasteiger charge is -2.22. The highest BCUT2D eigenvalue weighted by molar-refractivity contribution is 6.33. The van der Waals surface area contributed by atoms with Gasteiger partial charge in [-0.3, -0.25) is 4.79 Å². The van der Waals surface area contributed by atoms with Crippen LogP contribution < -0.4 is 0 Å². The summed E-state index contributed by atoms with van der Waals surface area (Å²) in [7, 11) is 0. The first kappa shape index (κ1) is 12.8. The van der Waals surface area contributed by atoms with Gasteiger partial charge in [0, 0.05) is 12.6 Å². The van der Waals surface area contributed by atoms with Gasteiger partial charge in [0.2, 0.25) is 0 Å². The number of hydrogen-bond donors (Lipinski definition) is 0. The van der Waals surface area contributed by atoms with Gasteiger partial charge in [-0.05, 0) is 25.0 Å². The largest absolute Gasteiger partial charge is 0.334 e. The molecule has 1 saturated carbocycles. The fraction of sp³-hybridized carbons (Fsp3) is 0.385. The predicted octanol–water partition coefficient (Wildman–Crippen LogP) is 3.00. The van der Waals surface area contributed by atoms with Crippen LogP contribution >= 0.6 is 11.6 Å². The van der Waals surface area contributed by atoms with Gasteiger partial charge in [0.15, 0.2) is 0 Å². The lowest BCUT2D eigenvalue weighted by molar-refractivity contribution is 0.0742. The van der Waals surface area contributed by atoms with E-state index in [0.29, 0.717) is 6.54 Å². The van der Waals surface area contributed by atoms with E-state index < -0.39 is 11.7 Å². The maximum Gasteiger partial charge on any atom is 0.258 e. The number of nitrogens with zero attached hydrogens (tertiary/aromatic N) is 2. The number of nitriles is 1. The van der Waals surface area contributed by atoms with Gasteiger partial charge in [0.25, 0.3) is 5.91 Å². The summed E-state index contributed by atoms with van der Waals surface area (Å²) >= 11 is 5.88. The smallest absolute Gasteiger partial charge is 0.258 e. The van der Waals surface area contributed by atoms with Crippen LogP contribution in [0.4, 0.5) is 4.39 Å². The molecule has 0 unspecified atom stereocenters. The van der Waals surface area contributed by atoms with Crippen LogP contribution in [0, 0.1) is 17.1 Å². The van der Waals surface area contributed by atoms with Crippen molar-refractivity contribution in [1.82, 2.24) is 4.90 Å². The number of carbonyl (C=O) groups is 1. The molecule has 1 aromatic carbocycles. The van der Waals surface area contributed by atoms with Crippen LogP contribution in [0.2, 0.25) is 5.02 Å². The zero-order valence-electron chi connectivity index (χ0n) is 9.70. The van der Waals surface area contributed by atoms with Crippen molar-refractivity contribution in [3.63, 3.8) is 0 Å². The molecule has 18 heavy (non-hydrogen) atoms. The highest BCUT2D eigenvalue weighted by Crippen LogP contribution is 2.30. The van der Waals surface area contributed by atoms with Gasteiger partial charge >= 0.3 is 0 Å². The van der Waals surface area contributed by atoms with E-state index >= 15 is 0 Å². The molecule has 0 heterocycles. The zero-order chi connectivity index (χ0) is 13.1. The van der Waals surface area contributed by atoms with E-state index in [0.717, 1.165) is 12.8 Å². The molecule has 0 atom stereocenters. The van der Waals surface area contributed by atoms with Gasteiger partial charge in [0.1, 0.15) is 5.82 Å². The monoisotopic (exact) mass is 266 g/mol. The van der Waals surface area contributed by atoms with Crippen molar-refractivity contribution in [3.05, 3.63) is 34.6 Å². The maximum atomic E-state index is 13.7. The van der Waals surface area contributed by atoms with Gasteiger partial charge in [-0.1, -0.05) is 17.7 Å². The lowest BCUT2D eigenvalue weighted by atomic mass is 10.1. The minimum Gasteiger partial charge on any atom is -0.334 e. The van der Waals surface area contributed by atoms with Crippen LogP contribution in [-0.4, -0.2) is 23.4 Å². The number of benzene rings is 1. The van der Waals surface area contributed by atoms with Crippen molar-refractivity contribution in [2.45, 2.75) is 25.3 Å². The molecule has 2 rings (SSSR count). The number of carbonyl (C=O) groups excluding carboxylic acids is 1. The number of hydrogen-bond acceptors (Lipinski definition) is 2. The molecule has 1 fully saturated rings. The van der Waals surface area contributed by atoms with Crippen molar-refractivity contribution >= 4 is 17.5 Å². The molecule has 0 bridgehead atoms. The Morgan fingerprint density at radius 1 is 1.56 bits per heavy atom. The van der Waals surface area contributed by atoms with Crippen molar-refractivity contribution < 1.29 is 9.18 Å². The third-order valence-corrected chi connectivity index (χ3v) is 3.20. The Balaban J connectivity index is 2.25. The number of amides is 1. The second-order valence-corrected chi connectivity index (χ2v) is 4.64. The SMILES string of the molecule is N#CCCN(C(=O)c1c(F)cccc1Cl)C1CC1. The average molecular weight is 267 g/mol. The Kier molecular flexibility index (Phi) is 3.83. The summed E-state index contributed by atoms with van der Waals surface area (Å²) in [4.78, 5) is 13.8. The summed E-state index contributed by atoms with van der Waals surface area (Å²) in [6.07, 6.45) is 2.06. The molecule has 0 saturated heterocycles. The molecule has 5 heteroatoms. The Bertz CT molecular complexity index is 488. The van der Waals surface area contributed by atoms with Crippen LogP contribution in [0.5, 0.6) is 0 Å².